The molecule has 4 rings (SSSR count). The van der Waals surface area contributed by atoms with Crippen molar-refractivity contribution in [3.63, 3.8) is 0 Å². The van der Waals surface area contributed by atoms with Crippen LogP contribution in [0, 0.1) is 0 Å². The summed E-state index contributed by atoms with van der Waals surface area (Å²) in [7, 11) is 0. The number of aromatic nitrogens is 2. The van der Waals surface area contributed by atoms with Gasteiger partial charge in [-0.2, -0.15) is 0 Å². The summed E-state index contributed by atoms with van der Waals surface area (Å²) in [5.74, 6) is 1.79. The molecule has 0 radical (unpaired) electrons. The van der Waals surface area contributed by atoms with Crippen molar-refractivity contribution in [3.8, 4) is 5.75 Å². The molecule has 0 amide bonds. The molecule has 1 saturated heterocycles. The Kier molecular flexibility index (Phi) is 4.83. The Morgan fingerprint density at radius 2 is 2.07 bits per heavy atom. The molecule has 27 heavy (non-hydrogen) atoms. The molecule has 142 valence electrons. The van der Waals surface area contributed by atoms with Crippen molar-refractivity contribution in [2.75, 3.05) is 18.0 Å². The van der Waals surface area contributed by atoms with Gasteiger partial charge < -0.3 is 14.4 Å². The molecule has 6 nitrogen and oxygen atoms in total. The Labute approximate surface area is 160 Å². The van der Waals surface area contributed by atoms with Gasteiger partial charge in [0.15, 0.2) is 0 Å². The minimum atomic E-state index is 0.143. The summed E-state index contributed by atoms with van der Waals surface area (Å²) in [4.78, 5) is 15.9. The summed E-state index contributed by atoms with van der Waals surface area (Å²) in [5, 5.41) is 0. The number of anilines is 1. The van der Waals surface area contributed by atoms with Crippen molar-refractivity contribution in [2.45, 2.75) is 52.4 Å². The van der Waals surface area contributed by atoms with E-state index in [0.717, 1.165) is 53.7 Å². The molecule has 1 fully saturated rings. The summed E-state index contributed by atoms with van der Waals surface area (Å²) in [6.07, 6.45) is 3.20. The molecule has 2 aromatic rings. The minimum Gasteiger partial charge on any atom is -0.491 e. The molecule has 0 aliphatic carbocycles. The average molecular weight is 366 g/mol. The van der Waals surface area contributed by atoms with E-state index in [1.807, 2.05) is 38.1 Å². The zero-order valence-corrected chi connectivity index (χ0v) is 16.3. The maximum atomic E-state index is 5.97. The van der Waals surface area contributed by atoms with Crippen LogP contribution in [0.15, 0.2) is 35.6 Å². The summed E-state index contributed by atoms with van der Waals surface area (Å²) in [6.45, 7) is 10.0. The molecule has 0 spiro atoms. The zero-order valence-electron chi connectivity index (χ0n) is 16.3. The second-order valence-corrected chi connectivity index (χ2v) is 7.45. The summed E-state index contributed by atoms with van der Waals surface area (Å²) < 4.78 is 11.8. The van der Waals surface area contributed by atoms with Crippen LogP contribution in [0.25, 0.3) is 0 Å². The van der Waals surface area contributed by atoms with Gasteiger partial charge in [-0.15, -0.1) is 0 Å². The van der Waals surface area contributed by atoms with Gasteiger partial charge in [0.2, 0.25) is 0 Å². The van der Waals surface area contributed by atoms with E-state index in [1.165, 1.54) is 0 Å². The standard InChI is InChI=1S/C21H26N4O2/c1-5-15-11-25(10-14(4)27-15)20-9-19(22-12-23-20)21-17-8-16(26-13(2)3)6-7-18(17)24-21/h6-9,12-15H,5,10-11H2,1-4H3. The highest BCUT2D eigenvalue weighted by Crippen LogP contribution is 2.35. The molecular formula is C21H26N4O2. The maximum absolute atomic E-state index is 5.97. The van der Waals surface area contributed by atoms with E-state index < -0.39 is 0 Å². The fourth-order valence-corrected chi connectivity index (χ4v) is 3.58. The predicted octanol–water partition coefficient (Wildman–Crippen LogP) is 3.75. The summed E-state index contributed by atoms with van der Waals surface area (Å²) in [6, 6.07) is 8.03. The maximum Gasteiger partial charge on any atom is 0.132 e. The molecule has 0 saturated carbocycles. The van der Waals surface area contributed by atoms with Gasteiger partial charge in [0, 0.05) is 24.7 Å². The SMILES string of the molecule is CCC1CN(c2cc(C3=Nc4ccc(OC(C)C)cc43)ncn2)CC(C)O1. The number of rotatable bonds is 5. The molecule has 2 aliphatic rings. The van der Waals surface area contributed by atoms with E-state index in [9.17, 15) is 0 Å². The highest BCUT2D eigenvalue weighted by Gasteiger charge is 2.27. The molecule has 2 atom stereocenters. The van der Waals surface area contributed by atoms with Crippen LogP contribution >= 0.6 is 0 Å². The van der Waals surface area contributed by atoms with Gasteiger partial charge in [0.25, 0.3) is 0 Å². The number of morpholine rings is 1. The van der Waals surface area contributed by atoms with Gasteiger partial charge in [0.05, 0.1) is 35.4 Å². The fraction of sp³-hybridized carbons (Fsp3) is 0.476. The van der Waals surface area contributed by atoms with E-state index >= 15 is 0 Å². The normalized spacial score (nSPS) is 21.5. The van der Waals surface area contributed by atoms with Gasteiger partial charge in [-0.1, -0.05) is 6.92 Å². The van der Waals surface area contributed by atoms with Gasteiger partial charge in [0.1, 0.15) is 17.9 Å². The largest absolute Gasteiger partial charge is 0.491 e. The number of ether oxygens (including phenoxy) is 2. The highest BCUT2D eigenvalue weighted by atomic mass is 16.5. The van der Waals surface area contributed by atoms with Gasteiger partial charge in [-0.05, 0) is 45.4 Å². The smallest absolute Gasteiger partial charge is 0.132 e. The number of benzene rings is 1. The lowest BCUT2D eigenvalue weighted by Gasteiger charge is -2.37. The van der Waals surface area contributed by atoms with Crippen molar-refractivity contribution in [3.05, 3.63) is 41.9 Å². The molecule has 1 aromatic heterocycles. The molecule has 2 unspecified atom stereocenters. The fourth-order valence-electron chi connectivity index (χ4n) is 3.58. The van der Waals surface area contributed by atoms with Crippen LogP contribution in [0.4, 0.5) is 11.5 Å². The second kappa shape index (κ2) is 7.27. The Morgan fingerprint density at radius 3 is 2.85 bits per heavy atom. The Balaban J connectivity index is 1.57. The number of hydrogen-bond acceptors (Lipinski definition) is 6. The molecular weight excluding hydrogens is 340 g/mol. The monoisotopic (exact) mass is 366 g/mol. The van der Waals surface area contributed by atoms with Crippen LogP contribution in [0.2, 0.25) is 0 Å². The first-order valence-electron chi connectivity index (χ1n) is 9.66. The van der Waals surface area contributed by atoms with Gasteiger partial charge in [-0.25, -0.2) is 15.0 Å². The second-order valence-electron chi connectivity index (χ2n) is 7.45. The number of aliphatic imine (C=N–C) groups is 1. The van der Waals surface area contributed by atoms with Crippen LogP contribution in [-0.4, -0.2) is 47.1 Å². The third kappa shape index (κ3) is 3.67. The Morgan fingerprint density at radius 1 is 1.22 bits per heavy atom. The zero-order chi connectivity index (χ0) is 19.0. The van der Waals surface area contributed by atoms with E-state index in [4.69, 9.17) is 9.47 Å². The quantitative estimate of drug-likeness (QED) is 0.688. The molecule has 1 aromatic carbocycles. The van der Waals surface area contributed by atoms with E-state index in [1.54, 1.807) is 6.33 Å². The first-order valence-corrected chi connectivity index (χ1v) is 9.66. The van der Waals surface area contributed by atoms with E-state index in [-0.39, 0.29) is 18.3 Å². The van der Waals surface area contributed by atoms with Crippen LogP contribution in [-0.2, 0) is 4.74 Å². The van der Waals surface area contributed by atoms with Crippen LogP contribution in [0.3, 0.4) is 0 Å². The van der Waals surface area contributed by atoms with Crippen molar-refractivity contribution in [2.24, 2.45) is 4.99 Å². The first-order chi connectivity index (χ1) is 13.0. The molecule has 6 heteroatoms. The molecule has 2 aliphatic heterocycles. The highest BCUT2D eigenvalue weighted by molar-refractivity contribution is 6.21. The van der Waals surface area contributed by atoms with E-state index in [2.05, 4.69) is 33.7 Å². The van der Waals surface area contributed by atoms with Crippen molar-refractivity contribution in [1.82, 2.24) is 9.97 Å². The third-order valence-corrected chi connectivity index (χ3v) is 4.83. The van der Waals surface area contributed by atoms with Crippen molar-refractivity contribution in [1.29, 1.82) is 0 Å². The summed E-state index contributed by atoms with van der Waals surface area (Å²) in [5.41, 5.74) is 3.81. The van der Waals surface area contributed by atoms with Gasteiger partial charge >= 0.3 is 0 Å². The van der Waals surface area contributed by atoms with E-state index in [0.29, 0.717) is 0 Å². The van der Waals surface area contributed by atoms with Crippen LogP contribution < -0.4 is 9.64 Å². The summed E-state index contributed by atoms with van der Waals surface area (Å²) >= 11 is 0. The lowest BCUT2D eigenvalue weighted by molar-refractivity contribution is -0.0174. The first kappa shape index (κ1) is 17.9. The number of nitrogens with zero attached hydrogens (tertiary/aromatic N) is 4. The van der Waals surface area contributed by atoms with Crippen LogP contribution in [0.1, 0.15) is 45.4 Å². The third-order valence-electron chi connectivity index (χ3n) is 4.83. The van der Waals surface area contributed by atoms with Crippen LogP contribution in [0.5, 0.6) is 5.75 Å². The average Bonchev–Trinajstić information content (AvgIpc) is 2.63. The topological polar surface area (TPSA) is 59.8 Å². The number of fused-ring (bicyclic) bond motifs is 1. The Bertz CT molecular complexity index is 865. The predicted molar refractivity (Wildman–Crippen MR) is 106 cm³/mol. The van der Waals surface area contributed by atoms with Crippen molar-refractivity contribution >= 4 is 17.2 Å². The van der Waals surface area contributed by atoms with Crippen molar-refractivity contribution < 1.29 is 9.47 Å². The number of hydrogen-bond donors (Lipinski definition) is 0. The lowest BCUT2D eigenvalue weighted by Crippen LogP contribution is -2.46. The van der Waals surface area contributed by atoms with Gasteiger partial charge in [-0.3, -0.25) is 0 Å². The minimum absolute atomic E-state index is 0.143. The molecule has 3 heterocycles. The Hall–Kier alpha value is -2.47. The molecule has 0 N–H and O–H groups in total. The lowest BCUT2D eigenvalue weighted by atomic mass is 9.98. The molecule has 0 bridgehead atoms.